The van der Waals surface area contributed by atoms with Crippen molar-refractivity contribution >= 4 is 28.6 Å². The summed E-state index contributed by atoms with van der Waals surface area (Å²) in [5, 5.41) is 6.09. The number of urea groups is 1. The molecule has 0 radical (unpaired) electrons. The summed E-state index contributed by atoms with van der Waals surface area (Å²) in [6.45, 7) is 3.91. The fourth-order valence-corrected chi connectivity index (χ4v) is 3.61. The molecule has 0 unspecified atom stereocenters. The van der Waals surface area contributed by atoms with Crippen molar-refractivity contribution in [3.05, 3.63) is 89.7 Å². The lowest BCUT2D eigenvalue weighted by molar-refractivity contribution is -0.145. The van der Waals surface area contributed by atoms with Crippen molar-refractivity contribution in [3.8, 4) is 17.0 Å². The molecule has 2 amide bonds. The standard InChI is InChI=1S/C28H26FN3O4/c1-3-35-27(33)17-36-26-15-25(20-9-7-18(2)8-10-20)32-24-12-11-22(14-23(24)26)31-28(34)30-16-19-5-4-6-21(29)13-19/h4-15H,3,16-17H2,1-2H3,(H2,30,31,34). The molecule has 0 aliphatic rings. The van der Waals surface area contributed by atoms with E-state index in [0.29, 0.717) is 33.6 Å². The minimum atomic E-state index is -0.481. The number of fused-ring (bicyclic) bond motifs is 1. The van der Waals surface area contributed by atoms with Crippen LogP contribution in [0.3, 0.4) is 0 Å². The second-order valence-corrected chi connectivity index (χ2v) is 8.13. The summed E-state index contributed by atoms with van der Waals surface area (Å²) >= 11 is 0. The number of carbonyl (C=O) groups excluding carboxylic acids is 2. The molecule has 0 bridgehead atoms. The number of anilines is 1. The van der Waals surface area contributed by atoms with Crippen LogP contribution in [-0.2, 0) is 16.1 Å². The molecule has 0 saturated heterocycles. The number of esters is 1. The predicted molar refractivity (Wildman–Crippen MR) is 136 cm³/mol. The Morgan fingerprint density at radius 3 is 2.56 bits per heavy atom. The van der Waals surface area contributed by atoms with Crippen molar-refractivity contribution in [1.82, 2.24) is 10.3 Å². The number of halogens is 1. The number of hydrogen-bond acceptors (Lipinski definition) is 5. The van der Waals surface area contributed by atoms with Gasteiger partial charge in [-0.2, -0.15) is 0 Å². The molecule has 1 aromatic heterocycles. The van der Waals surface area contributed by atoms with Gasteiger partial charge in [-0.15, -0.1) is 0 Å². The third-order valence-corrected chi connectivity index (χ3v) is 5.37. The predicted octanol–water partition coefficient (Wildman–Crippen LogP) is 5.61. The molecule has 4 aromatic rings. The van der Waals surface area contributed by atoms with Crippen LogP contribution in [-0.4, -0.2) is 30.2 Å². The van der Waals surface area contributed by atoms with E-state index in [1.807, 2.05) is 31.2 Å². The molecule has 36 heavy (non-hydrogen) atoms. The molecule has 0 fully saturated rings. The normalized spacial score (nSPS) is 10.6. The Morgan fingerprint density at radius 1 is 1.00 bits per heavy atom. The molecule has 2 N–H and O–H groups in total. The van der Waals surface area contributed by atoms with Crippen LogP contribution in [0, 0.1) is 12.7 Å². The topological polar surface area (TPSA) is 89.6 Å². The maximum Gasteiger partial charge on any atom is 0.344 e. The van der Waals surface area contributed by atoms with Crippen LogP contribution in [0.4, 0.5) is 14.9 Å². The summed E-state index contributed by atoms with van der Waals surface area (Å²) in [6, 6.07) is 20.5. The van der Waals surface area contributed by atoms with Gasteiger partial charge in [0.15, 0.2) is 6.61 Å². The minimum absolute atomic E-state index is 0.173. The number of nitrogens with zero attached hydrogens (tertiary/aromatic N) is 1. The molecule has 0 spiro atoms. The zero-order valence-corrected chi connectivity index (χ0v) is 20.0. The van der Waals surface area contributed by atoms with Crippen molar-refractivity contribution in [1.29, 1.82) is 0 Å². The van der Waals surface area contributed by atoms with E-state index in [1.54, 1.807) is 43.3 Å². The second kappa shape index (κ2) is 11.3. The van der Waals surface area contributed by atoms with E-state index in [9.17, 15) is 14.0 Å². The Kier molecular flexibility index (Phi) is 7.75. The highest BCUT2D eigenvalue weighted by molar-refractivity contribution is 5.95. The highest BCUT2D eigenvalue weighted by Gasteiger charge is 2.13. The molecule has 1 heterocycles. The van der Waals surface area contributed by atoms with Crippen molar-refractivity contribution in [2.24, 2.45) is 0 Å². The third kappa shape index (κ3) is 6.35. The number of hydrogen-bond donors (Lipinski definition) is 2. The first-order valence-electron chi connectivity index (χ1n) is 11.5. The van der Waals surface area contributed by atoms with Crippen molar-refractivity contribution in [2.75, 3.05) is 18.5 Å². The molecule has 4 rings (SSSR count). The lowest BCUT2D eigenvalue weighted by Gasteiger charge is -2.13. The largest absolute Gasteiger partial charge is 0.481 e. The van der Waals surface area contributed by atoms with E-state index in [-0.39, 0.29) is 25.6 Å². The molecule has 0 saturated carbocycles. The number of carbonyl (C=O) groups is 2. The van der Waals surface area contributed by atoms with Crippen LogP contribution in [0.5, 0.6) is 5.75 Å². The number of rotatable bonds is 8. The number of aromatic nitrogens is 1. The highest BCUT2D eigenvalue weighted by atomic mass is 19.1. The summed E-state index contributed by atoms with van der Waals surface area (Å²) in [7, 11) is 0. The van der Waals surface area contributed by atoms with E-state index in [1.165, 1.54) is 12.1 Å². The van der Waals surface area contributed by atoms with Gasteiger partial charge in [0.05, 0.1) is 17.8 Å². The average Bonchev–Trinajstić information content (AvgIpc) is 2.87. The van der Waals surface area contributed by atoms with Gasteiger partial charge >= 0.3 is 12.0 Å². The minimum Gasteiger partial charge on any atom is -0.481 e. The summed E-state index contributed by atoms with van der Waals surface area (Å²) in [5.74, 6) is -0.408. The third-order valence-electron chi connectivity index (χ3n) is 5.37. The summed E-state index contributed by atoms with van der Waals surface area (Å²) in [4.78, 5) is 29.1. The summed E-state index contributed by atoms with van der Waals surface area (Å²) < 4.78 is 24.2. The fourth-order valence-electron chi connectivity index (χ4n) is 3.61. The molecular weight excluding hydrogens is 461 g/mol. The molecule has 8 heteroatoms. The lowest BCUT2D eigenvalue weighted by atomic mass is 10.1. The van der Waals surface area contributed by atoms with Crippen LogP contribution in [0.2, 0.25) is 0 Å². The molecule has 184 valence electrons. The van der Waals surface area contributed by atoms with Crippen LogP contribution < -0.4 is 15.4 Å². The van der Waals surface area contributed by atoms with Crippen LogP contribution in [0.25, 0.3) is 22.2 Å². The number of benzene rings is 3. The maximum absolute atomic E-state index is 13.4. The molecular formula is C28H26FN3O4. The smallest absolute Gasteiger partial charge is 0.344 e. The zero-order chi connectivity index (χ0) is 25.5. The first-order chi connectivity index (χ1) is 17.4. The highest BCUT2D eigenvalue weighted by Crippen LogP contribution is 2.32. The first kappa shape index (κ1) is 24.7. The lowest BCUT2D eigenvalue weighted by Crippen LogP contribution is -2.28. The molecule has 0 atom stereocenters. The molecule has 0 aliphatic carbocycles. The van der Waals surface area contributed by atoms with Crippen LogP contribution >= 0.6 is 0 Å². The van der Waals surface area contributed by atoms with Gasteiger partial charge in [0, 0.05) is 29.2 Å². The van der Waals surface area contributed by atoms with E-state index in [2.05, 4.69) is 10.6 Å². The number of ether oxygens (including phenoxy) is 2. The van der Waals surface area contributed by atoms with Crippen molar-refractivity contribution in [2.45, 2.75) is 20.4 Å². The van der Waals surface area contributed by atoms with E-state index in [0.717, 1.165) is 11.1 Å². The van der Waals surface area contributed by atoms with Gasteiger partial charge in [-0.3, -0.25) is 0 Å². The van der Waals surface area contributed by atoms with Crippen molar-refractivity contribution in [3.63, 3.8) is 0 Å². The fraction of sp³-hybridized carbons (Fsp3) is 0.179. The Labute approximate surface area is 208 Å². The quantitative estimate of drug-likeness (QED) is 0.315. The maximum atomic E-state index is 13.4. The molecule has 7 nitrogen and oxygen atoms in total. The van der Waals surface area contributed by atoms with Gasteiger partial charge in [-0.05, 0) is 49.7 Å². The number of aryl methyl sites for hydroxylation is 1. The average molecular weight is 488 g/mol. The van der Waals surface area contributed by atoms with Gasteiger partial charge < -0.3 is 20.1 Å². The Hall–Kier alpha value is -4.46. The van der Waals surface area contributed by atoms with Crippen LogP contribution in [0.15, 0.2) is 72.8 Å². The Bertz CT molecular complexity index is 1390. The van der Waals surface area contributed by atoms with Gasteiger partial charge in [-0.1, -0.05) is 42.0 Å². The number of pyridine rings is 1. The number of nitrogens with one attached hydrogen (secondary N) is 2. The van der Waals surface area contributed by atoms with Gasteiger partial charge in [0.2, 0.25) is 0 Å². The van der Waals surface area contributed by atoms with Gasteiger partial charge in [-0.25, -0.2) is 19.0 Å². The first-order valence-corrected chi connectivity index (χ1v) is 11.5. The Balaban J connectivity index is 1.58. The van der Waals surface area contributed by atoms with Gasteiger partial charge in [0.1, 0.15) is 11.6 Å². The summed E-state index contributed by atoms with van der Waals surface area (Å²) in [6.07, 6.45) is 0. The second-order valence-electron chi connectivity index (χ2n) is 8.13. The summed E-state index contributed by atoms with van der Waals surface area (Å²) in [5.41, 5.74) is 4.51. The molecule has 3 aromatic carbocycles. The van der Waals surface area contributed by atoms with Crippen molar-refractivity contribution < 1.29 is 23.5 Å². The SMILES string of the molecule is CCOC(=O)COc1cc(-c2ccc(C)cc2)nc2ccc(NC(=O)NCc3cccc(F)c3)cc12. The molecule has 0 aliphatic heterocycles. The zero-order valence-electron chi connectivity index (χ0n) is 20.0. The Morgan fingerprint density at radius 2 is 1.81 bits per heavy atom. The van der Waals surface area contributed by atoms with Crippen LogP contribution in [0.1, 0.15) is 18.1 Å². The van der Waals surface area contributed by atoms with E-state index >= 15 is 0 Å². The van der Waals surface area contributed by atoms with E-state index in [4.69, 9.17) is 14.5 Å². The van der Waals surface area contributed by atoms with E-state index < -0.39 is 12.0 Å². The number of amides is 2. The monoisotopic (exact) mass is 487 g/mol. The van der Waals surface area contributed by atoms with Gasteiger partial charge in [0.25, 0.3) is 0 Å².